The van der Waals surface area contributed by atoms with Gasteiger partial charge in [-0.3, -0.25) is 20.2 Å². The Morgan fingerprint density at radius 1 is 1.17 bits per heavy atom. The van der Waals surface area contributed by atoms with E-state index in [2.05, 4.69) is 5.32 Å². The Kier molecular flexibility index (Phi) is 6.16. The van der Waals surface area contributed by atoms with Crippen molar-refractivity contribution in [3.05, 3.63) is 32.4 Å². The summed E-state index contributed by atoms with van der Waals surface area (Å²) in [6, 6.07) is 2.39. The normalized spacial score (nSPS) is 15.8. The first kappa shape index (κ1) is 18.2. The first-order valence-electron chi connectivity index (χ1n) is 7.63. The Balaban J connectivity index is 2.43. The van der Waals surface area contributed by atoms with Crippen LogP contribution >= 0.6 is 11.6 Å². The lowest BCUT2D eigenvalue weighted by Gasteiger charge is -2.28. The van der Waals surface area contributed by atoms with E-state index in [-0.39, 0.29) is 23.8 Å². The Hall–Kier alpha value is -2.13. The number of aliphatic hydroxyl groups excluding tert-OH is 1. The minimum Gasteiger partial charge on any atom is -0.390 e. The molecule has 0 aliphatic carbocycles. The molecule has 10 heteroatoms. The van der Waals surface area contributed by atoms with Crippen LogP contribution in [0.2, 0.25) is 0 Å². The summed E-state index contributed by atoms with van der Waals surface area (Å²) < 4.78 is 0. The van der Waals surface area contributed by atoms with Gasteiger partial charge in [0.15, 0.2) is 0 Å². The van der Waals surface area contributed by atoms with Gasteiger partial charge in [-0.05, 0) is 25.3 Å². The second kappa shape index (κ2) is 8.11. The number of anilines is 2. The van der Waals surface area contributed by atoms with Crippen LogP contribution in [-0.4, -0.2) is 46.6 Å². The van der Waals surface area contributed by atoms with Crippen molar-refractivity contribution in [1.82, 2.24) is 0 Å². The highest BCUT2D eigenvalue weighted by Gasteiger charge is 2.28. The van der Waals surface area contributed by atoms with Crippen LogP contribution in [0, 0.1) is 20.2 Å². The van der Waals surface area contributed by atoms with Crippen LogP contribution in [0.15, 0.2) is 12.1 Å². The van der Waals surface area contributed by atoms with E-state index in [1.165, 1.54) is 6.07 Å². The molecule has 1 unspecified atom stereocenters. The predicted molar refractivity (Wildman–Crippen MR) is 91.0 cm³/mol. The van der Waals surface area contributed by atoms with E-state index in [1.807, 2.05) is 4.90 Å². The van der Waals surface area contributed by atoms with E-state index in [1.54, 1.807) is 0 Å². The number of hydrogen-bond acceptors (Lipinski definition) is 7. The van der Waals surface area contributed by atoms with Crippen LogP contribution < -0.4 is 10.2 Å². The maximum atomic E-state index is 11.3. The number of halogens is 1. The molecule has 1 aromatic carbocycles. The smallest absolute Gasteiger partial charge is 0.299 e. The van der Waals surface area contributed by atoms with Gasteiger partial charge in [0, 0.05) is 19.6 Å². The summed E-state index contributed by atoms with van der Waals surface area (Å²) >= 11 is 5.52. The number of aliphatic hydroxyl groups is 1. The number of nitro benzene ring substituents is 2. The lowest BCUT2D eigenvalue weighted by Crippen LogP contribution is -2.30. The average molecular weight is 359 g/mol. The monoisotopic (exact) mass is 358 g/mol. The standard InChI is InChI=1S/C14H19ClN4O5/c15-8-10(20)9-16-11-6-13(17-4-2-1-3-5-17)14(19(23)24)7-12(11)18(21)22/h6-7,10,16,20H,1-5,8-9H2. The summed E-state index contributed by atoms with van der Waals surface area (Å²) in [6.45, 7) is 1.35. The molecular formula is C14H19ClN4O5. The number of piperidine rings is 1. The van der Waals surface area contributed by atoms with E-state index < -0.39 is 21.6 Å². The third kappa shape index (κ3) is 4.24. The van der Waals surface area contributed by atoms with Crippen molar-refractivity contribution in [3.8, 4) is 0 Å². The fourth-order valence-electron chi connectivity index (χ4n) is 2.68. The third-order valence-electron chi connectivity index (χ3n) is 3.89. The van der Waals surface area contributed by atoms with Crippen LogP contribution in [0.4, 0.5) is 22.7 Å². The van der Waals surface area contributed by atoms with Crippen molar-refractivity contribution in [2.45, 2.75) is 25.4 Å². The van der Waals surface area contributed by atoms with Gasteiger partial charge in [0.2, 0.25) is 0 Å². The summed E-state index contributed by atoms with van der Waals surface area (Å²) in [5.41, 5.74) is -0.195. The number of nitrogens with one attached hydrogen (secondary N) is 1. The number of alkyl halides is 1. The van der Waals surface area contributed by atoms with Crippen LogP contribution in [0.25, 0.3) is 0 Å². The summed E-state index contributed by atoms with van der Waals surface area (Å²) in [5.74, 6) is -0.0211. The number of hydrogen-bond donors (Lipinski definition) is 2. The largest absolute Gasteiger partial charge is 0.390 e. The van der Waals surface area contributed by atoms with Gasteiger partial charge in [0.05, 0.1) is 27.9 Å². The zero-order valence-corrected chi connectivity index (χ0v) is 13.7. The molecule has 1 aliphatic heterocycles. The summed E-state index contributed by atoms with van der Waals surface area (Å²) in [4.78, 5) is 23.2. The van der Waals surface area contributed by atoms with Gasteiger partial charge < -0.3 is 15.3 Å². The number of benzene rings is 1. The maximum Gasteiger partial charge on any atom is 0.299 e. The van der Waals surface area contributed by atoms with Gasteiger partial charge in [0.1, 0.15) is 11.4 Å². The highest BCUT2D eigenvalue weighted by atomic mass is 35.5. The van der Waals surface area contributed by atoms with E-state index in [9.17, 15) is 25.3 Å². The summed E-state index contributed by atoms with van der Waals surface area (Å²) in [6.07, 6.45) is 2.02. The molecule has 0 radical (unpaired) electrons. The van der Waals surface area contributed by atoms with Crippen LogP contribution in [0.5, 0.6) is 0 Å². The van der Waals surface area contributed by atoms with Crippen molar-refractivity contribution >= 4 is 34.4 Å². The van der Waals surface area contributed by atoms with Gasteiger partial charge in [-0.25, -0.2) is 0 Å². The molecule has 1 saturated heterocycles. The molecule has 2 N–H and O–H groups in total. The molecule has 1 atom stereocenters. The van der Waals surface area contributed by atoms with Crippen molar-refractivity contribution in [2.24, 2.45) is 0 Å². The fraction of sp³-hybridized carbons (Fsp3) is 0.571. The molecule has 1 aromatic rings. The molecule has 2 rings (SSSR count). The van der Waals surface area contributed by atoms with Crippen LogP contribution in [0.1, 0.15) is 19.3 Å². The first-order chi connectivity index (χ1) is 11.4. The summed E-state index contributed by atoms with van der Waals surface area (Å²) in [5, 5.41) is 34.9. The van der Waals surface area contributed by atoms with Crippen molar-refractivity contribution in [2.75, 3.05) is 35.7 Å². The van der Waals surface area contributed by atoms with Crippen LogP contribution in [0.3, 0.4) is 0 Å². The molecule has 1 heterocycles. The van der Waals surface area contributed by atoms with Gasteiger partial charge in [-0.2, -0.15) is 0 Å². The highest BCUT2D eigenvalue weighted by molar-refractivity contribution is 6.18. The van der Waals surface area contributed by atoms with Gasteiger partial charge in [-0.1, -0.05) is 0 Å². The lowest BCUT2D eigenvalue weighted by atomic mass is 10.1. The molecule has 0 saturated carbocycles. The third-order valence-corrected chi connectivity index (χ3v) is 4.25. The molecule has 0 amide bonds. The molecule has 0 spiro atoms. The SMILES string of the molecule is O=[N+]([O-])c1cc([N+](=O)[O-])c(N2CCCCC2)cc1NCC(O)CCl. The Labute approximate surface area is 143 Å². The second-order valence-electron chi connectivity index (χ2n) is 5.61. The van der Waals surface area contributed by atoms with E-state index >= 15 is 0 Å². The lowest BCUT2D eigenvalue weighted by molar-refractivity contribution is -0.393. The maximum absolute atomic E-state index is 11.3. The van der Waals surface area contributed by atoms with E-state index in [0.29, 0.717) is 18.8 Å². The molecule has 9 nitrogen and oxygen atoms in total. The topological polar surface area (TPSA) is 122 Å². The average Bonchev–Trinajstić information content (AvgIpc) is 2.59. The minimum atomic E-state index is -0.875. The molecule has 0 bridgehead atoms. The Morgan fingerprint density at radius 2 is 1.79 bits per heavy atom. The van der Waals surface area contributed by atoms with Gasteiger partial charge in [-0.15, -0.1) is 11.6 Å². The van der Waals surface area contributed by atoms with Crippen LogP contribution in [-0.2, 0) is 0 Å². The van der Waals surface area contributed by atoms with E-state index in [0.717, 1.165) is 25.3 Å². The Bertz CT molecular complexity index is 621. The van der Waals surface area contributed by atoms with Crippen molar-refractivity contribution in [3.63, 3.8) is 0 Å². The summed E-state index contributed by atoms with van der Waals surface area (Å²) in [7, 11) is 0. The zero-order valence-electron chi connectivity index (χ0n) is 13.0. The predicted octanol–water partition coefficient (Wildman–Crippen LogP) is 2.50. The molecule has 0 aromatic heterocycles. The highest BCUT2D eigenvalue weighted by Crippen LogP contribution is 2.39. The van der Waals surface area contributed by atoms with Crippen molar-refractivity contribution < 1.29 is 15.0 Å². The fourth-order valence-corrected chi connectivity index (χ4v) is 2.78. The first-order valence-corrected chi connectivity index (χ1v) is 8.17. The quantitative estimate of drug-likeness (QED) is 0.436. The zero-order chi connectivity index (χ0) is 17.7. The molecule has 132 valence electrons. The molecule has 1 aliphatic rings. The van der Waals surface area contributed by atoms with E-state index in [4.69, 9.17) is 11.6 Å². The van der Waals surface area contributed by atoms with Crippen molar-refractivity contribution in [1.29, 1.82) is 0 Å². The number of nitro groups is 2. The molecule has 24 heavy (non-hydrogen) atoms. The van der Waals surface area contributed by atoms with Gasteiger partial charge in [0.25, 0.3) is 11.4 Å². The second-order valence-corrected chi connectivity index (χ2v) is 5.92. The number of rotatable bonds is 7. The Morgan fingerprint density at radius 3 is 2.33 bits per heavy atom. The van der Waals surface area contributed by atoms with Gasteiger partial charge >= 0.3 is 0 Å². The minimum absolute atomic E-state index is 0.0155. The molecular weight excluding hydrogens is 340 g/mol. The number of nitrogens with zero attached hydrogens (tertiary/aromatic N) is 3. The molecule has 1 fully saturated rings.